The van der Waals surface area contributed by atoms with E-state index >= 15 is 0 Å². The van der Waals surface area contributed by atoms with Gasteiger partial charge in [0, 0.05) is 5.41 Å². The van der Waals surface area contributed by atoms with Crippen LogP contribution in [0, 0.1) is 5.92 Å². The number of rotatable bonds is 6. The molecule has 1 aliphatic carbocycles. The number of benzene rings is 1. The first-order valence-corrected chi connectivity index (χ1v) is 7.77. The Morgan fingerprint density at radius 1 is 1.19 bits per heavy atom. The highest BCUT2D eigenvalue weighted by atomic mass is 16.4. The SMILES string of the molecule is CCCCCc1ccccc1C1(C)C=CC(C(=O)O)C=C1. The fraction of sp³-hybridized carbons (Fsp3) is 0.421. The third-order valence-corrected chi connectivity index (χ3v) is 4.23. The monoisotopic (exact) mass is 284 g/mol. The lowest BCUT2D eigenvalue weighted by molar-refractivity contribution is -0.138. The predicted molar refractivity (Wildman–Crippen MR) is 86.4 cm³/mol. The number of carboxylic acid groups (broad SMARTS) is 1. The first-order chi connectivity index (χ1) is 10.1. The van der Waals surface area contributed by atoms with Crippen LogP contribution in [0.3, 0.4) is 0 Å². The highest BCUT2D eigenvalue weighted by Crippen LogP contribution is 2.34. The summed E-state index contributed by atoms with van der Waals surface area (Å²) < 4.78 is 0. The number of hydrogen-bond acceptors (Lipinski definition) is 1. The molecular weight excluding hydrogens is 260 g/mol. The van der Waals surface area contributed by atoms with E-state index in [1.807, 2.05) is 12.2 Å². The number of hydrogen-bond donors (Lipinski definition) is 1. The molecule has 0 atom stereocenters. The molecule has 112 valence electrons. The molecule has 2 rings (SSSR count). The summed E-state index contributed by atoms with van der Waals surface area (Å²) in [5.41, 5.74) is 2.46. The van der Waals surface area contributed by atoms with Crippen LogP contribution in [0.1, 0.15) is 44.2 Å². The zero-order valence-electron chi connectivity index (χ0n) is 12.9. The van der Waals surface area contributed by atoms with E-state index in [-0.39, 0.29) is 5.41 Å². The largest absolute Gasteiger partial charge is 0.481 e. The van der Waals surface area contributed by atoms with Crippen LogP contribution in [0.2, 0.25) is 0 Å². The molecule has 0 radical (unpaired) electrons. The Balaban J connectivity index is 2.23. The van der Waals surface area contributed by atoms with Crippen molar-refractivity contribution in [3.63, 3.8) is 0 Å². The summed E-state index contributed by atoms with van der Waals surface area (Å²) >= 11 is 0. The lowest BCUT2D eigenvalue weighted by Gasteiger charge is -2.29. The molecule has 0 spiro atoms. The number of carbonyl (C=O) groups is 1. The lowest BCUT2D eigenvalue weighted by Crippen LogP contribution is -2.23. The van der Waals surface area contributed by atoms with Gasteiger partial charge in [-0.25, -0.2) is 0 Å². The quantitative estimate of drug-likeness (QED) is 0.616. The van der Waals surface area contributed by atoms with E-state index in [1.54, 1.807) is 12.2 Å². The van der Waals surface area contributed by atoms with Crippen molar-refractivity contribution in [2.75, 3.05) is 0 Å². The Morgan fingerprint density at radius 3 is 2.48 bits per heavy atom. The van der Waals surface area contributed by atoms with E-state index in [4.69, 9.17) is 5.11 Å². The van der Waals surface area contributed by atoms with Crippen molar-refractivity contribution in [3.8, 4) is 0 Å². The van der Waals surface area contributed by atoms with Crippen molar-refractivity contribution >= 4 is 5.97 Å². The van der Waals surface area contributed by atoms with Crippen LogP contribution in [0.15, 0.2) is 48.6 Å². The van der Waals surface area contributed by atoms with Crippen molar-refractivity contribution in [1.29, 1.82) is 0 Å². The zero-order valence-corrected chi connectivity index (χ0v) is 12.9. The molecule has 2 heteroatoms. The second-order valence-corrected chi connectivity index (χ2v) is 5.98. The van der Waals surface area contributed by atoms with E-state index in [1.165, 1.54) is 30.4 Å². The van der Waals surface area contributed by atoms with Gasteiger partial charge in [0.2, 0.25) is 0 Å². The van der Waals surface area contributed by atoms with Gasteiger partial charge in [0.05, 0.1) is 5.92 Å². The van der Waals surface area contributed by atoms with E-state index < -0.39 is 11.9 Å². The number of unbranched alkanes of at least 4 members (excludes halogenated alkanes) is 2. The van der Waals surface area contributed by atoms with Crippen molar-refractivity contribution in [2.45, 2.75) is 44.9 Å². The van der Waals surface area contributed by atoms with Gasteiger partial charge in [-0.3, -0.25) is 4.79 Å². The number of aliphatic carboxylic acids is 1. The average Bonchev–Trinajstić information content (AvgIpc) is 2.48. The Hall–Kier alpha value is -1.83. The molecule has 1 aromatic carbocycles. The van der Waals surface area contributed by atoms with Gasteiger partial charge in [-0.05, 0) is 30.9 Å². The van der Waals surface area contributed by atoms with E-state index in [2.05, 4.69) is 38.1 Å². The smallest absolute Gasteiger partial charge is 0.314 e. The van der Waals surface area contributed by atoms with Gasteiger partial charge in [0.1, 0.15) is 0 Å². The molecule has 0 bridgehead atoms. The Morgan fingerprint density at radius 2 is 1.86 bits per heavy atom. The Labute approximate surface area is 127 Å². The number of allylic oxidation sites excluding steroid dienone is 2. The van der Waals surface area contributed by atoms with Crippen molar-refractivity contribution in [1.82, 2.24) is 0 Å². The zero-order chi connectivity index (χ0) is 15.3. The standard InChI is InChI=1S/C19H24O2/c1-3-4-5-8-15-9-6-7-10-17(15)19(2)13-11-16(12-14-19)18(20)21/h6-7,9-14,16H,3-5,8H2,1-2H3,(H,20,21). The molecule has 21 heavy (non-hydrogen) atoms. The van der Waals surface area contributed by atoms with Crippen molar-refractivity contribution in [2.24, 2.45) is 5.92 Å². The fourth-order valence-electron chi connectivity index (χ4n) is 2.90. The minimum atomic E-state index is -0.791. The van der Waals surface area contributed by atoms with Gasteiger partial charge >= 0.3 is 5.97 Å². The third kappa shape index (κ3) is 3.63. The maximum atomic E-state index is 11.0. The third-order valence-electron chi connectivity index (χ3n) is 4.23. The normalized spacial score (nSPS) is 24.2. The number of aryl methyl sites for hydroxylation is 1. The molecule has 0 saturated heterocycles. The van der Waals surface area contributed by atoms with Crippen LogP contribution in [-0.2, 0) is 16.6 Å². The highest BCUT2D eigenvalue weighted by molar-refractivity contribution is 5.75. The highest BCUT2D eigenvalue weighted by Gasteiger charge is 2.27. The predicted octanol–water partition coefficient (Wildman–Crippen LogP) is 4.50. The summed E-state index contributed by atoms with van der Waals surface area (Å²) in [6, 6.07) is 8.51. The van der Waals surface area contributed by atoms with Crippen molar-refractivity contribution < 1.29 is 9.90 Å². The molecule has 1 aliphatic rings. The minimum Gasteiger partial charge on any atom is -0.481 e. The van der Waals surface area contributed by atoms with E-state index in [0.29, 0.717) is 0 Å². The molecule has 0 amide bonds. The molecule has 0 aliphatic heterocycles. The van der Waals surface area contributed by atoms with Crippen LogP contribution < -0.4 is 0 Å². The van der Waals surface area contributed by atoms with Gasteiger partial charge in [-0.2, -0.15) is 0 Å². The summed E-state index contributed by atoms with van der Waals surface area (Å²) in [4.78, 5) is 11.0. The Kier molecular flexibility index (Phi) is 5.00. The average molecular weight is 284 g/mol. The molecule has 0 heterocycles. The van der Waals surface area contributed by atoms with Crippen LogP contribution in [0.5, 0.6) is 0 Å². The van der Waals surface area contributed by atoms with Gasteiger partial charge in [-0.15, -0.1) is 0 Å². The van der Waals surface area contributed by atoms with Gasteiger partial charge in [-0.1, -0.05) is 68.3 Å². The summed E-state index contributed by atoms with van der Waals surface area (Å²) in [7, 11) is 0. The van der Waals surface area contributed by atoms with Crippen LogP contribution in [0.4, 0.5) is 0 Å². The first-order valence-electron chi connectivity index (χ1n) is 7.77. The summed E-state index contributed by atoms with van der Waals surface area (Å²) in [5, 5.41) is 9.07. The van der Waals surface area contributed by atoms with Gasteiger partial charge < -0.3 is 5.11 Å². The van der Waals surface area contributed by atoms with Gasteiger partial charge in [0.15, 0.2) is 0 Å². The summed E-state index contributed by atoms with van der Waals surface area (Å²) in [6.07, 6.45) is 12.4. The topological polar surface area (TPSA) is 37.3 Å². The van der Waals surface area contributed by atoms with Crippen LogP contribution in [0.25, 0.3) is 0 Å². The molecule has 0 unspecified atom stereocenters. The van der Waals surface area contributed by atoms with Crippen LogP contribution in [-0.4, -0.2) is 11.1 Å². The van der Waals surface area contributed by atoms with Crippen molar-refractivity contribution in [3.05, 3.63) is 59.7 Å². The molecule has 2 nitrogen and oxygen atoms in total. The Bertz CT molecular complexity index is 540. The maximum absolute atomic E-state index is 11.0. The minimum absolute atomic E-state index is 0.200. The molecule has 0 saturated carbocycles. The summed E-state index contributed by atoms with van der Waals surface area (Å²) in [5.74, 6) is -1.29. The molecule has 1 aromatic rings. The van der Waals surface area contributed by atoms with Crippen LogP contribution >= 0.6 is 0 Å². The first kappa shape index (κ1) is 15.6. The summed E-state index contributed by atoms with van der Waals surface area (Å²) in [6.45, 7) is 4.36. The molecule has 0 aromatic heterocycles. The van der Waals surface area contributed by atoms with E-state index in [9.17, 15) is 4.79 Å². The molecule has 1 N–H and O–H groups in total. The fourth-order valence-corrected chi connectivity index (χ4v) is 2.90. The second-order valence-electron chi connectivity index (χ2n) is 5.98. The van der Waals surface area contributed by atoms with E-state index in [0.717, 1.165) is 6.42 Å². The second kappa shape index (κ2) is 6.75. The number of carboxylic acids is 1. The molecular formula is C19H24O2. The van der Waals surface area contributed by atoms with Gasteiger partial charge in [0.25, 0.3) is 0 Å². The molecule has 0 fully saturated rings. The maximum Gasteiger partial charge on any atom is 0.314 e. The lowest BCUT2D eigenvalue weighted by atomic mass is 9.75.